The number of β-amino-alcohol motifs (C(OH)–C–C–N with tert-alkyl or cyclic N) is 1. The van der Waals surface area contributed by atoms with Gasteiger partial charge in [-0.2, -0.15) is 0 Å². The molecule has 1 unspecified atom stereocenters. The molecule has 0 radical (unpaired) electrons. The Bertz CT molecular complexity index is 491. The predicted octanol–water partition coefficient (Wildman–Crippen LogP) is 1.91. The van der Waals surface area contributed by atoms with Crippen molar-refractivity contribution in [2.75, 3.05) is 26.2 Å². The Morgan fingerprint density at radius 2 is 1.92 bits per heavy atom. The minimum absolute atomic E-state index is 0.0194. The van der Waals surface area contributed by atoms with E-state index in [1.807, 2.05) is 30.3 Å². The molecule has 5 nitrogen and oxygen atoms in total. The smallest absolute Gasteiger partial charge is 0.184 e. The summed E-state index contributed by atoms with van der Waals surface area (Å²) >= 11 is 0. The van der Waals surface area contributed by atoms with Gasteiger partial charge in [0.15, 0.2) is 6.29 Å². The van der Waals surface area contributed by atoms with E-state index in [4.69, 9.17) is 15.2 Å². The molecule has 3 rings (SSSR count). The maximum Gasteiger partial charge on any atom is 0.184 e. The second-order valence-electron chi connectivity index (χ2n) is 7.14. The topological polar surface area (TPSA) is 68.0 Å². The summed E-state index contributed by atoms with van der Waals surface area (Å²) in [5, 5.41) is 10.7. The molecule has 2 aliphatic heterocycles. The Morgan fingerprint density at radius 1 is 1.21 bits per heavy atom. The number of aliphatic hydroxyl groups is 1. The fraction of sp³-hybridized carbons (Fsp3) is 0.684. The quantitative estimate of drug-likeness (QED) is 0.861. The Kier molecular flexibility index (Phi) is 6.25. The Hall–Kier alpha value is -0.980. The van der Waals surface area contributed by atoms with Crippen molar-refractivity contribution in [3.05, 3.63) is 35.9 Å². The molecule has 0 saturated carbocycles. The summed E-state index contributed by atoms with van der Waals surface area (Å²) in [7, 11) is 0. The van der Waals surface area contributed by atoms with Crippen molar-refractivity contribution < 1.29 is 14.6 Å². The van der Waals surface area contributed by atoms with Crippen molar-refractivity contribution >= 4 is 0 Å². The third kappa shape index (κ3) is 4.55. The number of piperidine rings is 1. The molecule has 1 aromatic rings. The van der Waals surface area contributed by atoms with Crippen molar-refractivity contribution in [1.82, 2.24) is 4.90 Å². The maximum absolute atomic E-state index is 10.7. The Labute approximate surface area is 144 Å². The summed E-state index contributed by atoms with van der Waals surface area (Å²) in [6.07, 6.45) is 2.17. The van der Waals surface area contributed by atoms with Crippen molar-refractivity contribution in [2.24, 2.45) is 11.7 Å². The number of aliphatic hydroxyl groups excluding tert-OH is 1. The molecule has 0 aromatic heterocycles. The number of hydrogen-bond acceptors (Lipinski definition) is 5. The average Bonchev–Trinajstić information content (AvgIpc) is 2.64. The summed E-state index contributed by atoms with van der Waals surface area (Å²) in [5.41, 5.74) is 6.99. The first-order chi connectivity index (χ1) is 11.6. The van der Waals surface area contributed by atoms with Gasteiger partial charge in [-0.15, -0.1) is 0 Å². The number of nitrogens with two attached hydrogens (primary N) is 1. The molecule has 5 heteroatoms. The molecule has 2 heterocycles. The van der Waals surface area contributed by atoms with E-state index < -0.39 is 0 Å². The van der Waals surface area contributed by atoms with Gasteiger partial charge in [0.25, 0.3) is 0 Å². The normalized spacial score (nSPS) is 29.3. The lowest BCUT2D eigenvalue weighted by molar-refractivity contribution is -0.235. The number of hydrogen-bond donors (Lipinski definition) is 2. The first-order valence-electron chi connectivity index (χ1n) is 9.11. The van der Waals surface area contributed by atoms with Crippen LogP contribution >= 0.6 is 0 Å². The minimum atomic E-state index is -0.390. The molecule has 2 aliphatic rings. The van der Waals surface area contributed by atoms with Crippen LogP contribution in [-0.2, 0) is 9.47 Å². The highest BCUT2D eigenvalue weighted by Gasteiger charge is 2.32. The lowest BCUT2D eigenvalue weighted by Crippen LogP contribution is -2.46. The zero-order valence-electron chi connectivity index (χ0n) is 14.5. The monoisotopic (exact) mass is 334 g/mol. The largest absolute Gasteiger partial charge is 0.391 e. The molecule has 0 spiro atoms. The van der Waals surface area contributed by atoms with Gasteiger partial charge in [-0.05, 0) is 32.4 Å². The summed E-state index contributed by atoms with van der Waals surface area (Å²) in [6.45, 7) is 5.40. The standard InChI is InChI=1S/C19H30N2O3/c1-14(17(22)13-21-10-7-16(20)8-11-21)18-9-12-23-19(24-18)15-5-3-2-4-6-15/h2-6,14,16-19,22H,7-13,20H2,1H3/t14-,17+,18-,19?/m1/s1. The van der Waals surface area contributed by atoms with E-state index in [1.165, 1.54) is 0 Å². The van der Waals surface area contributed by atoms with Crippen molar-refractivity contribution in [3.63, 3.8) is 0 Å². The highest BCUT2D eigenvalue weighted by Crippen LogP contribution is 2.30. The number of nitrogens with zero attached hydrogens (tertiary/aromatic N) is 1. The van der Waals surface area contributed by atoms with E-state index in [-0.39, 0.29) is 24.4 Å². The van der Waals surface area contributed by atoms with Crippen molar-refractivity contribution in [1.29, 1.82) is 0 Å². The van der Waals surface area contributed by atoms with Crippen LogP contribution in [0.4, 0.5) is 0 Å². The van der Waals surface area contributed by atoms with Crippen LogP contribution in [0.1, 0.15) is 38.0 Å². The lowest BCUT2D eigenvalue weighted by atomic mass is 9.94. The van der Waals surface area contributed by atoms with Gasteiger partial charge < -0.3 is 25.2 Å². The molecule has 4 atom stereocenters. The van der Waals surface area contributed by atoms with Crippen LogP contribution in [0, 0.1) is 5.92 Å². The molecule has 0 amide bonds. The fourth-order valence-corrected chi connectivity index (χ4v) is 3.54. The van der Waals surface area contributed by atoms with Gasteiger partial charge in [0.05, 0.1) is 18.8 Å². The van der Waals surface area contributed by atoms with Crippen LogP contribution < -0.4 is 5.73 Å². The molecule has 0 bridgehead atoms. The molecule has 0 aliphatic carbocycles. The predicted molar refractivity (Wildman–Crippen MR) is 93.4 cm³/mol. The second-order valence-corrected chi connectivity index (χ2v) is 7.14. The summed E-state index contributed by atoms with van der Waals surface area (Å²) in [6, 6.07) is 10.3. The molecular weight excluding hydrogens is 304 g/mol. The van der Waals surface area contributed by atoms with Crippen LogP contribution in [0.3, 0.4) is 0 Å². The van der Waals surface area contributed by atoms with Gasteiger partial charge in [-0.1, -0.05) is 37.3 Å². The van der Waals surface area contributed by atoms with Gasteiger partial charge in [-0.25, -0.2) is 0 Å². The first kappa shape index (κ1) is 17.8. The summed E-state index contributed by atoms with van der Waals surface area (Å²) in [5.74, 6) is 0.0794. The van der Waals surface area contributed by atoms with E-state index in [0.717, 1.165) is 37.9 Å². The third-order valence-corrected chi connectivity index (χ3v) is 5.31. The molecule has 3 N–H and O–H groups in total. The van der Waals surface area contributed by atoms with E-state index in [0.29, 0.717) is 19.2 Å². The van der Waals surface area contributed by atoms with Crippen LogP contribution in [0.25, 0.3) is 0 Å². The Balaban J connectivity index is 1.53. The van der Waals surface area contributed by atoms with E-state index in [2.05, 4.69) is 11.8 Å². The SMILES string of the molecule is C[C@H]([C@@H](O)CN1CCC(N)CC1)[C@H]1CCOC(c2ccccc2)O1. The van der Waals surface area contributed by atoms with Crippen molar-refractivity contribution in [3.8, 4) is 0 Å². The molecule has 134 valence electrons. The highest BCUT2D eigenvalue weighted by atomic mass is 16.7. The van der Waals surface area contributed by atoms with Crippen LogP contribution in [0.2, 0.25) is 0 Å². The zero-order chi connectivity index (χ0) is 16.9. The highest BCUT2D eigenvalue weighted by molar-refractivity contribution is 5.16. The number of rotatable bonds is 5. The third-order valence-electron chi connectivity index (χ3n) is 5.31. The van der Waals surface area contributed by atoms with Gasteiger partial charge in [0, 0.05) is 24.1 Å². The van der Waals surface area contributed by atoms with Gasteiger partial charge in [0.1, 0.15) is 0 Å². The van der Waals surface area contributed by atoms with E-state index >= 15 is 0 Å². The number of benzene rings is 1. The maximum atomic E-state index is 10.7. The summed E-state index contributed by atoms with van der Waals surface area (Å²) < 4.78 is 11.9. The van der Waals surface area contributed by atoms with Crippen LogP contribution in [-0.4, -0.2) is 54.5 Å². The van der Waals surface area contributed by atoms with Gasteiger partial charge in [0.2, 0.25) is 0 Å². The molecule has 2 fully saturated rings. The van der Waals surface area contributed by atoms with E-state index in [1.54, 1.807) is 0 Å². The van der Waals surface area contributed by atoms with Crippen LogP contribution in [0.15, 0.2) is 30.3 Å². The number of ether oxygens (including phenoxy) is 2. The Morgan fingerprint density at radius 3 is 2.62 bits per heavy atom. The van der Waals surface area contributed by atoms with E-state index in [9.17, 15) is 5.11 Å². The number of likely N-dealkylation sites (tertiary alicyclic amines) is 1. The molecule has 24 heavy (non-hydrogen) atoms. The molecule has 1 aromatic carbocycles. The summed E-state index contributed by atoms with van der Waals surface area (Å²) in [4.78, 5) is 2.32. The van der Waals surface area contributed by atoms with Gasteiger partial charge in [-0.3, -0.25) is 0 Å². The second kappa shape index (κ2) is 8.41. The lowest BCUT2D eigenvalue weighted by Gasteiger charge is -2.38. The first-order valence-corrected chi connectivity index (χ1v) is 9.11. The van der Waals surface area contributed by atoms with Crippen molar-refractivity contribution in [2.45, 2.75) is 50.7 Å². The zero-order valence-corrected chi connectivity index (χ0v) is 14.5. The van der Waals surface area contributed by atoms with Gasteiger partial charge >= 0.3 is 0 Å². The average molecular weight is 334 g/mol. The minimum Gasteiger partial charge on any atom is -0.391 e. The molecule has 2 saturated heterocycles. The van der Waals surface area contributed by atoms with Crippen LogP contribution in [0.5, 0.6) is 0 Å². The molecular formula is C19H30N2O3. The fourth-order valence-electron chi connectivity index (χ4n) is 3.54.